The first-order chi connectivity index (χ1) is 12.9. The molecule has 0 aliphatic heterocycles. The minimum absolute atomic E-state index is 0.0628. The molecule has 27 heavy (non-hydrogen) atoms. The zero-order valence-electron chi connectivity index (χ0n) is 14.4. The molecule has 0 aliphatic rings. The molecule has 2 aromatic carbocycles. The van der Waals surface area contributed by atoms with Crippen molar-refractivity contribution in [1.29, 1.82) is 0 Å². The van der Waals surface area contributed by atoms with Crippen LogP contribution < -0.4 is 19.9 Å². The molecule has 0 saturated heterocycles. The molecule has 2 aromatic rings. The van der Waals surface area contributed by atoms with E-state index in [4.69, 9.17) is 24.7 Å². The number of halogens is 2. The first-order valence-electron chi connectivity index (χ1n) is 7.75. The molecular formula is C18H17F2NO6. The summed E-state index contributed by atoms with van der Waals surface area (Å²) in [5.41, 5.74) is 3.96. The van der Waals surface area contributed by atoms with E-state index >= 15 is 0 Å². The molecule has 0 atom stereocenters. The third-order valence-corrected chi connectivity index (χ3v) is 3.32. The molecule has 144 valence electrons. The van der Waals surface area contributed by atoms with Crippen LogP contribution in [0.2, 0.25) is 0 Å². The maximum Gasteiger partial charge on any atom is 0.344 e. The third-order valence-electron chi connectivity index (χ3n) is 3.32. The summed E-state index contributed by atoms with van der Waals surface area (Å²) in [4.78, 5) is 22.6. The van der Waals surface area contributed by atoms with Crippen molar-refractivity contribution < 1.29 is 37.3 Å². The van der Waals surface area contributed by atoms with Crippen molar-refractivity contribution in [2.45, 2.75) is 0 Å². The first-order valence-corrected chi connectivity index (χ1v) is 7.75. The molecule has 0 aliphatic carbocycles. The fourth-order valence-electron chi connectivity index (χ4n) is 2.04. The van der Waals surface area contributed by atoms with Crippen LogP contribution >= 0.6 is 0 Å². The van der Waals surface area contributed by atoms with Crippen LogP contribution in [0.1, 0.15) is 10.4 Å². The van der Waals surface area contributed by atoms with E-state index in [1.807, 2.05) is 0 Å². The Morgan fingerprint density at radius 3 is 2.26 bits per heavy atom. The van der Waals surface area contributed by atoms with Crippen LogP contribution in [0.5, 0.6) is 17.2 Å². The highest BCUT2D eigenvalue weighted by molar-refractivity contribution is 5.93. The number of benzene rings is 2. The zero-order chi connectivity index (χ0) is 19.8. The van der Waals surface area contributed by atoms with Crippen molar-refractivity contribution in [3.8, 4) is 17.2 Å². The van der Waals surface area contributed by atoms with Crippen molar-refractivity contribution in [3.63, 3.8) is 0 Å². The lowest BCUT2D eigenvalue weighted by Gasteiger charge is -2.10. The molecular weight excluding hydrogens is 364 g/mol. The van der Waals surface area contributed by atoms with Crippen molar-refractivity contribution in [2.24, 2.45) is 5.73 Å². The molecule has 0 spiro atoms. The largest absolute Gasteiger partial charge is 0.497 e. The van der Waals surface area contributed by atoms with Crippen molar-refractivity contribution in [3.05, 3.63) is 53.6 Å². The predicted molar refractivity (Wildman–Crippen MR) is 89.8 cm³/mol. The Morgan fingerprint density at radius 2 is 1.63 bits per heavy atom. The van der Waals surface area contributed by atoms with E-state index in [-0.39, 0.29) is 13.2 Å². The topological polar surface area (TPSA) is 97.1 Å². The van der Waals surface area contributed by atoms with Crippen LogP contribution in [-0.2, 0) is 9.53 Å². The second-order valence-electron chi connectivity index (χ2n) is 5.13. The maximum absolute atomic E-state index is 13.9. The lowest BCUT2D eigenvalue weighted by atomic mass is 10.2. The summed E-state index contributed by atoms with van der Waals surface area (Å²) in [6, 6.07) is 8.57. The van der Waals surface area contributed by atoms with Crippen LogP contribution in [0.4, 0.5) is 8.78 Å². The molecule has 0 saturated carbocycles. The van der Waals surface area contributed by atoms with Crippen LogP contribution in [0.3, 0.4) is 0 Å². The fourth-order valence-corrected chi connectivity index (χ4v) is 2.04. The van der Waals surface area contributed by atoms with Gasteiger partial charge in [0, 0.05) is 0 Å². The Balaban J connectivity index is 1.76. The van der Waals surface area contributed by atoms with Gasteiger partial charge in [0.1, 0.15) is 36.1 Å². The third kappa shape index (κ3) is 5.56. The normalized spacial score (nSPS) is 10.2. The van der Waals surface area contributed by atoms with E-state index in [0.717, 1.165) is 12.1 Å². The van der Waals surface area contributed by atoms with E-state index in [9.17, 15) is 18.4 Å². The van der Waals surface area contributed by atoms with Gasteiger partial charge in [-0.15, -0.1) is 0 Å². The molecule has 0 fully saturated rings. The van der Waals surface area contributed by atoms with Crippen LogP contribution in [0.25, 0.3) is 0 Å². The van der Waals surface area contributed by atoms with Crippen LogP contribution in [0, 0.1) is 11.6 Å². The maximum atomic E-state index is 13.9. The summed E-state index contributed by atoms with van der Waals surface area (Å²) in [6.45, 7) is -0.606. The standard InChI is InChI=1S/C18H17F2NO6/c1-24-11-2-4-12(5-3-11)25-8-9-26-15(22)10-27-14-7-6-13(19)16(17(14)20)18(21)23/h2-7H,8-10H2,1H3,(H2,21,23). The molecule has 0 heterocycles. The average Bonchev–Trinajstić information content (AvgIpc) is 2.65. The molecule has 2 rings (SSSR count). The molecule has 0 unspecified atom stereocenters. The number of primary amides is 1. The van der Waals surface area contributed by atoms with Gasteiger partial charge in [0.05, 0.1) is 7.11 Å². The number of rotatable bonds is 9. The van der Waals surface area contributed by atoms with Gasteiger partial charge >= 0.3 is 5.97 Å². The molecule has 0 aromatic heterocycles. The molecule has 1 amide bonds. The average molecular weight is 381 g/mol. The molecule has 9 heteroatoms. The minimum Gasteiger partial charge on any atom is -0.497 e. The highest BCUT2D eigenvalue weighted by atomic mass is 19.1. The van der Waals surface area contributed by atoms with Gasteiger partial charge in [0.2, 0.25) is 0 Å². The van der Waals surface area contributed by atoms with Crippen LogP contribution in [-0.4, -0.2) is 38.8 Å². The predicted octanol–water partition coefficient (Wildman–Crippen LogP) is 2.07. The monoisotopic (exact) mass is 381 g/mol. The minimum atomic E-state index is -1.28. The van der Waals surface area contributed by atoms with Gasteiger partial charge in [0.25, 0.3) is 5.91 Å². The summed E-state index contributed by atoms with van der Waals surface area (Å²) >= 11 is 0. The summed E-state index contributed by atoms with van der Waals surface area (Å²) in [7, 11) is 1.55. The van der Waals surface area contributed by atoms with Gasteiger partial charge in [0.15, 0.2) is 18.2 Å². The van der Waals surface area contributed by atoms with Crippen molar-refractivity contribution in [1.82, 2.24) is 0 Å². The highest BCUT2D eigenvalue weighted by Crippen LogP contribution is 2.23. The van der Waals surface area contributed by atoms with Gasteiger partial charge in [-0.25, -0.2) is 13.6 Å². The number of nitrogens with two attached hydrogens (primary N) is 1. The SMILES string of the molecule is COc1ccc(OCCOC(=O)COc2ccc(F)c(C(N)=O)c2F)cc1. The Kier molecular flexibility index (Phi) is 6.93. The molecule has 7 nitrogen and oxygen atoms in total. The second-order valence-corrected chi connectivity index (χ2v) is 5.13. The van der Waals surface area contributed by atoms with E-state index in [1.165, 1.54) is 0 Å². The second kappa shape index (κ2) is 9.37. The van der Waals surface area contributed by atoms with E-state index in [0.29, 0.717) is 11.5 Å². The summed E-state index contributed by atoms with van der Waals surface area (Å²) in [5, 5.41) is 0. The van der Waals surface area contributed by atoms with Gasteiger partial charge in [-0.1, -0.05) is 0 Å². The summed E-state index contributed by atoms with van der Waals surface area (Å²) in [6.07, 6.45) is 0. The summed E-state index contributed by atoms with van der Waals surface area (Å²) < 4.78 is 47.5. The van der Waals surface area contributed by atoms with E-state index in [2.05, 4.69) is 0 Å². The van der Waals surface area contributed by atoms with Crippen LogP contribution in [0.15, 0.2) is 36.4 Å². The number of ether oxygens (including phenoxy) is 4. The quantitative estimate of drug-likeness (QED) is 0.528. The number of carbonyl (C=O) groups excluding carboxylic acids is 2. The van der Waals surface area contributed by atoms with Crippen molar-refractivity contribution in [2.75, 3.05) is 26.9 Å². The Hall–Kier alpha value is -3.36. The fraction of sp³-hybridized carbons (Fsp3) is 0.222. The number of carbonyl (C=O) groups is 2. The Labute approximate surface area is 153 Å². The Morgan fingerprint density at radius 1 is 0.963 bits per heavy atom. The number of esters is 1. The first kappa shape index (κ1) is 20.0. The smallest absolute Gasteiger partial charge is 0.344 e. The lowest BCUT2D eigenvalue weighted by Crippen LogP contribution is -2.20. The summed E-state index contributed by atoms with van der Waals surface area (Å²) in [5.74, 6) is -3.72. The number of hydrogen-bond acceptors (Lipinski definition) is 6. The van der Waals surface area contributed by atoms with Crippen molar-refractivity contribution >= 4 is 11.9 Å². The number of amides is 1. The number of methoxy groups -OCH3 is 1. The van der Waals surface area contributed by atoms with Gasteiger partial charge < -0.3 is 24.7 Å². The van der Waals surface area contributed by atoms with Gasteiger partial charge in [-0.3, -0.25) is 4.79 Å². The zero-order valence-corrected chi connectivity index (χ0v) is 14.4. The van der Waals surface area contributed by atoms with Gasteiger partial charge in [-0.2, -0.15) is 0 Å². The Bertz CT molecular complexity index is 810. The van der Waals surface area contributed by atoms with E-state index in [1.54, 1.807) is 31.4 Å². The number of hydrogen-bond donors (Lipinski definition) is 1. The lowest BCUT2D eigenvalue weighted by molar-refractivity contribution is -0.146. The molecule has 0 bridgehead atoms. The van der Waals surface area contributed by atoms with E-state index < -0.39 is 41.4 Å². The van der Waals surface area contributed by atoms with Gasteiger partial charge in [-0.05, 0) is 36.4 Å². The highest BCUT2D eigenvalue weighted by Gasteiger charge is 2.19. The molecule has 0 radical (unpaired) electrons. The molecule has 2 N–H and O–H groups in total.